The number of unbranched alkanes of at least 4 members (excludes halogenated alkanes) is 1. The van der Waals surface area contributed by atoms with Crippen LogP contribution < -0.4 is 0 Å². The molecule has 7 N–H and O–H groups in total. The number of hydrogen-bond acceptors (Lipinski definition) is 10. The highest BCUT2D eigenvalue weighted by Gasteiger charge is 2.28. The van der Waals surface area contributed by atoms with Gasteiger partial charge in [0.05, 0.1) is 43.7 Å². The van der Waals surface area contributed by atoms with Crippen molar-refractivity contribution >= 4 is 23.9 Å². The zero-order chi connectivity index (χ0) is 27.4. The minimum atomic E-state index is -0.870. The molecular formula is C23H36O12. The molecule has 200 valence electrons. The largest absolute Gasteiger partial charge is 0.481 e. The Labute approximate surface area is 203 Å². The number of cyclic esters (lactones) is 2. The average molecular weight is 505 g/mol. The first kappa shape index (κ1) is 34.3. The third kappa shape index (κ3) is 15.6. The molecule has 0 bridgehead atoms. The molecule has 0 fully saturated rings. The van der Waals surface area contributed by atoms with Crippen molar-refractivity contribution in [1.29, 1.82) is 0 Å². The Kier molecular flexibility index (Phi) is 19.0. The van der Waals surface area contributed by atoms with Crippen molar-refractivity contribution in [3.8, 4) is 0 Å². The first-order valence-electron chi connectivity index (χ1n) is 10.8. The highest BCUT2D eigenvalue weighted by Crippen LogP contribution is 2.19. The number of benzene rings is 1. The lowest BCUT2D eigenvalue weighted by Gasteiger charge is -2.24. The van der Waals surface area contributed by atoms with Gasteiger partial charge in [0, 0.05) is 18.3 Å². The molecule has 1 heterocycles. The van der Waals surface area contributed by atoms with Crippen LogP contribution in [-0.4, -0.2) is 92.2 Å². The summed E-state index contributed by atoms with van der Waals surface area (Å²) in [4.78, 5) is 41.5. The number of carboxylic acids is 2. The number of aliphatic hydroxyl groups is 5. The SMILES string of the molecule is CC(O)CO.CCC(CO)(CO)CO.O=C(O)CCCCC(=O)O.O=C1OC(=O)c2ccccc21. The summed E-state index contributed by atoms with van der Waals surface area (Å²) >= 11 is 0. The number of hydrogen-bond donors (Lipinski definition) is 7. The Morgan fingerprint density at radius 2 is 1.20 bits per heavy atom. The molecule has 0 radical (unpaired) electrons. The standard InChI is InChI=1S/C8H4O3.C6H10O4.C6H14O3.C3H8O2/c9-7-5-3-1-2-4-6(5)8(10)11-7;7-5(8)3-1-2-4-6(9)10;1-2-6(3-7,4-8)5-9;1-3(5)2-4/h1-4H;1-4H2,(H,7,8)(H,9,10);7-9H,2-5H2,1H3;3-5H,2H2,1H3. The van der Waals surface area contributed by atoms with Crippen LogP contribution in [0.5, 0.6) is 0 Å². The number of esters is 2. The fourth-order valence-electron chi connectivity index (χ4n) is 2.07. The van der Waals surface area contributed by atoms with Crippen LogP contribution in [0.3, 0.4) is 0 Å². The molecule has 1 aliphatic heterocycles. The van der Waals surface area contributed by atoms with Crippen molar-refractivity contribution in [3.05, 3.63) is 35.4 Å². The Morgan fingerprint density at radius 3 is 1.40 bits per heavy atom. The van der Waals surface area contributed by atoms with Crippen LogP contribution in [0.15, 0.2) is 24.3 Å². The van der Waals surface area contributed by atoms with Crippen LogP contribution in [-0.2, 0) is 14.3 Å². The topological polar surface area (TPSA) is 219 Å². The number of fused-ring (bicyclic) bond motifs is 1. The zero-order valence-electron chi connectivity index (χ0n) is 19.9. The lowest BCUT2D eigenvalue weighted by atomic mass is 9.88. The molecule has 1 atom stereocenters. The van der Waals surface area contributed by atoms with E-state index in [1.54, 1.807) is 24.3 Å². The van der Waals surface area contributed by atoms with E-state index in [0.717, 1.165) is 0 Å². The fourth-order valence-corrected chi connectivity index (χ4v) is 2.07. The number of carbonyl (C=O) groups is 4. The lowest BCUT2D eigenvalue weighted by Crippen LogP contribution is -2.32. The van der Waals surface area contributed by atoms with Crippen LogP contribution in [0.2, 0.25) is 0 Å². The van der Waals surface area contributed by atoms with Gasteiger partial charge < -0.3 is 40.5 Å². The number of carboxylic acid groups (broad SMARTS) is 2. The third-order valence-corrected chi connectivity index (χ3v) is 4.60. The summed E-state index contributed by atoms with van der Waals surface area (Å²) in [6.07, 6.45) is 1.05. The van der Waals surface area contributed by atoms with Crippen molar-refractivity contribution in [2.45, 2.75) is 52.1 Å². The normalized spacial score (nSPS) is 12.4. The van der Waals surface area contributed by atoms with Crippen LogP contribution >= 0.6 is 0 Å². The monoisotopic (exact) mass is 504 g/mol. The van der Waals surface area contributed by atoms with E-state index in [0.29, 0.717) is 30.4 Å². The molecule has 12 heteroatoms. The van der Waals surface area contributed by atoms with E-state index in [9.17, 15) is 19.2 Å². The van der Waals surface area contributed by atoms with Gasteiger partial charge >= 0.3 is 23.9 Å². The Hall–Kier alpha value is -2.90. The molecular weight excluding hydrogens is 468 g/mol. The third-order valence-electron chi connectivity index (χ3n) is 4.60. The maximum Gasteiger partial charge on any atom is 0.346 e. The summed E-state index contributed by atoms with van der Waals surface area (Å²) < 4.78 is 4.35. The maximum atomic E-state index is 10.8. The van der Waals surface area contributed by atoms with Gasteiger partial charge in [-0.1, -0.05) is 19.1 Å². The van der Waals surface area contributed by atoms with Crippen LogP contribution in [0.1, 0.15) is 66.7 Å². The summed E-state index contributed by atoms with van der Waals surface area (Å²) in [5.41, 5.74) is 0.0509. The van der Waals surface area contributed by atoms with Crippen molar-refractivity contribution < 1.29 is 59.7 Å². The van der Waals surface area contributed by atoms with Gasteiger partial charge in [-0.3, -0.25) is 9.59 Å². The van der Waals surface area contributed by atoms with Gasteiger partial charge in [-0.05, 0) is 38.3 Å². The van der Waals surface area contributed by atoms with E-state index in [1.807, 2.05) is 6.92 Å². The van der Waals surface area contributed by atoms with E-state index in [1.165, 1.54) is 6.92 Å². The van der Waals surface area contributed by atoms with Gasteiger partial charge in [0.25, 0.3) is 0 Å². The summed E-state index contributed by atoms with van der Waals surface area (Å²) in [6, 6.07) is 6.53. The number of carbonyl (C=O) groups excluding carboxylic acids is 2. The smallest absolute Gasteiger partial charge is 0.346 e. The first-order valence-corrected chi connectivity index (χ1v) is 10.8. The lowest BCUT2D eigenvalue weighted by molar-refractivity contribution is -0.139. The molecule has 2 rings (SSSR count). The molecule has 0 aliphatic carbocycles. The predicted molar refractivity (Wildman–Crippen MR) is 123 cm³/mol. The second-order valence-electron chi connectivity index (χ2n) is 7.58. The van der Waals surface area contributed by atoms with Gasteiger partial charge in [-0.15, -0.1) is 0 Å². The van der Waals surface area contributed by atoms with Gasteiger partial charge in [0.15, 0.2) is 0 Å². The summed E-state index contributed by atoms with van der Waals surface area (Å²) in [7, 11) is 0. The zero-order valence-corrected chi connectivity index (χ0v) is 19.9. The van der Waals surface area contributed by atoms with Crippen molar-refractivity contribution in [1.82, 2.24) is 0 Å². The molecule has 35 heavy (non-hydrogen) atoms. The van der Waals surface area contributed by atoms with Crippen molar-refractivity contribution in [3.63, 3.8) is 0 Å². The molecule has 0 spiro atoms. The molecule has 1 aromatic carbocycles. The Balaban J connectivity index is 0. The molecule has 1 unspecified atom stereocenters. The summed E-state index contributed by atoms with van der Waals surface area (Å²) in [6.45, 7) is 2.74. The quantitative estimate of drug-likeness (QED) is 0.131. The predicted octanol–water partition coefficient (Wildman–Crippen LogP) is 0.432. The highest BCUT2D eigenvalue weighted by molar-refractivity contribution is 6.14. The van der Waals surface area contributed by atoms with E-state index in [-0.39, 0.29) is 39.3 Å². The van der Waals surface area contributed by atoms with Gasteiger partial charge in [0.2, 0.25) is 0 Å². The van der Waals surface area contributed by atoms with E-state index >= 15 is 0 Å². The molecule has 1 aliphatic rings. The van der Waals surface area contributed by atoms with Crippen LogP contribution in [0.4, 0.5) is 0 Å². The Morgan fingerprint density at radius 1 is 0.857 bits per heavy atom. The van der Waals surface area contributed by atoms with E-state index in [2.05, 4.69) is 4.74 Å². The highest BCUT2D eigenvalue weighted by atomic mass is 16.6. The summed E-state index contributed by atoms with van der Waals surface area (Å²) in [5.74, 6) is -2.84. The molecule has 0 saturated heterocycles. The number of aliphatic carboxylic acids is 2. The molecule has 12 nitrogen and oxygen atoms in total. The second kappa shape index (κ2) is 19.4. The van der Waals surface area contributed by atoms with Crippen LogP contribution in [0, 0.1) is 5.41 Å². The maximum absolute atomic E-state index is 10.8. The van der Waals surface area contributed by atoms with E-state index in [4.69, 9.17) is 35.7 Å². The number of ether oxygens (including phenoxy) is 1. The average Bonchev–Trinajstić information content (AvgIpc) is 3.13. The van der Waals surface area contributed by atoms with E-state index < -0.39 is 35.4 Å². The van der Waals surface area contributed by atoms with Gasteiger partial charge in [-0.25, -0.2) is 9.59 Å². The minimum Gasteiger partial charge on any atom is -0.481 e. The second-order valence-corrected chi connectivity index (χ2v) is 7.58. The summed E-state index contributed by atoms with van der Waals surface area (Å²) in [5, 5.41) is 58.2. The number of aliphatic hydroxyl groups excluding tert-OH is 5. The van der Waals surface area contributed by atoms with Gasteiger partial charge in [-0.2, -0.15) is 0 Å². The first-order chi connectivity index (χ1) is 16.4. The Bertz CT molecular complexity index is 705. The fraction of sp³-hybridized carbons (Fsp3) is 0.565. The minimum absolute atomic E-state index is 0.0628. The van der Waals surface area contributed by atoms with Crippen LogP contribution in [0.25, 0.3) is 0 Å². The number of rotatable bonds is 10. The molecule has 0 aromatic heterocycles. The molecule has 0 saturated carbocycles. The molecule has 0 amide bonds. The van der Waals surface area contributed by atoms with Gasteiger partial charge in [0.1, 0.15) is 0 Å². The van der Waals surface area contributed by atoms with Crippen molar-refractivity contribution in [2.24, 2.45) is 5.41 Å². The van der Waals surface area contributed by atoms with Crippen molar-refractivity contribution in [2.75, 3.05) is 26.4 Å². The molecule has 1 aromatic rings.